The fourth-order valence-corrected chi connectivity index (χ4v) is 2.17. The molecule has 19 heavy (non-hydrogen) atoms. The lowest BCUT2D eigenvalue weighted by Gasteiger charge is -2.09. The molecule has 6 heteroatoms. The molecular weight excluding hydrogens is 264 g/mol. The van der Waals surface area contributed by atoms with Crippen molar-refractivity contribution in [2.75, 3.05) is 0 Å². The van der Waals surface area contributed by atoms with E-state index >= 15 is 0 Å². The number of aryl methyl sites for hydroxylation is 1. The monoisotopic (exact) mass is 278 g/mol. The quantitative estimate of drug-likeness (QED) is 0.391. The fraction of sp³-hybridized carbons (Fsp3) is 0.231. The molecule has 0 aliphatic rings. The number of hydrogen-bond donors (Lipinski definition) is 2. The molecule has 2 rings (SSSR count). The molecule has 0 saturated heterocycles. The van der Waals surface area contributed by atoms with Crippen molar-refractivity contribution in [3.63, 3.8) is 0 Å². The summed E-state index contributed by atoms with van der Waals surface area (Å²) < 4.78 is 1.98. The highest BCUT2D eigenvalue weighted by Crippen LogP contribution is 2.21. The SMILES string of the molecule is CCCc1nccn1-c1ccc(C(N)=NO)c(Cl)c1. The Bertz CT molecular complexity index is 606. The third-order valence-electron chi connectivity index (χ3n) is 2.81. The van der Waals surface area contributed by atoms with E-state index < -0.39 is 0 Å². The van der Waals surface area contributed by atoms with Crippen molar-refractivity contribution in [1.82, 2.24) is 9.55 Å². The summed E-state index contributed by atoms with van der Waals surface area (Å²) in [6.45, 7) is 2.10. The van der Waals surface area contributed by atoms with Crippen LogP contribution >= 0.6 is 11.6 Å². The molecule has 0 unspecified atom stereocenters. The predicted molar refractivity (Wildman–Crippen MR) is 75.1 cm³/mol. The Labute approximate surface area is 116 Å². The van der Waals surface area contributed by atoms with Crippen molar-refractivity contribution in [3.8, 4) is 5.69 Å². The summed E-state index contributed by atoms with van der Waals surface area (Å²) in [5.41, 5.74) is 6.95. The van der Waals surface area contributed by atoms with Crippen LogP contribution in [-0.2, 0) is 6.42 Å². The van der Waals surface area contributed by atoms with Crippen LogP contribution in [0, 0.1) is 0 Å². The van der Waals surface area contributed by atoms with Gasteiger partial charge in [-0.25, -0.2) is 4.98 Å². The molecule has 1 heterocycles. The minimum Gasteiger partial charge on any atom is -0.409 e. The van der Waals surface area contributed by atoms with Crippen LogP contribution in [0.2, 0.25) is 5.02 Å². The standard InChI is InChI=1S/C13H15ClN4O/c1-2-3-12-16-6-7-18(12)9-4-5-10(11(14)8-9)13(15)17-19/h4-8,19H,2-3H2,1H3,(H2,15,17). The van der Waals surface area contributed by atoms with E-state index in [2.05, 4.69) is 17.1 Å². The van der Waals surface area contributed by atoms with Crippen LogP contribution in [0.5, 0.6) is 0 Å². The molecule has 0 fully saturated rings. The zero-order chi connectivity index (χ0) is 13.8. The molecule has 0 aliphatic carbocycles. The third-order valence-corrected chi connectivity index (χ3v) is 3.12. The van der Waals surface area contributed by atoms with Gasteiger partial charge in [-0.2, -0.15) is 0 Å². The van der Waals surface area contributed by atoms with E-state index in [0.717, 1.165) is 24.4 Å². The van der Waals surface area contributed by atoms with E-state index in [9.17, 15) is 0 Å². The van der Waals surface area contributed by atoms with E-state index in [-0.39, 0.29) is 5.84 Å². The zero-order valence-electron chi connectivity index (χ0n) is 10.5. The molecule has 2 aromatic rings. The van der Waals surface area contributed by atoms with Crippen LogP contribution in [0.15, 0.2) is 35.7 Å². The molecule has 0 aliphatic heterocycles. The lowest BCUT2D eigenvalue weighted by atomic mass is 10.2. The summed E-state index contributed by atoms with van der Waals surface area (Å²) in [6.07, 6.45) is 5.57. The van der Waals surface area contributed by atoms with Crippen molar-refractivity contribution < 1.29 is 5.21 Å². The van der Waals surface area contributed by atoms with Crippen molar-refractivity contribution in [2.45, 2.75) is 19.8 Å². The summed E-state index contributed by atoms with van der Waals surface area (Å²) in [5, 5.41) is 12.1. The van der Waals surface area contributed by atoms with Gasteiger partial charge in [0.05, 0.1) is 5.02 Å². The predicted octanol–water partition coefficient (Wildman–Crippen LogP) is 2.57. The Hall–Kier alpha value is -2.01. The number of nitrogens with zero attached hydrogens (tertiary/aromatic N) is 3. The second kappa shape index (κ2) is 5.75. The molecule has 1 aromatic carbocycles. The largest absolute Gasteiger partial charge is 0.409 e. The molecule has 0 bridgehead atoms. The minimum absolute atomic E-state index is 0.00374. The Balaban J connectivity index is 2.42. The zero-order valence-corrected chi connectivity index (χ0v) is 11.3. The molecule has 0 spiro atoms. The van der Waals surface area contributed by atoms with Crippen LogP contribution in [0.1, 0.15) is 24.7 Å². The number of hydrogen-bond acceptors (Lipinski definition) is 3. The van der Waals surface area contributed by atoms with E-state index in [1.54, 1.807) is 18.3 Å². The highest BCUT2D eigenvalue weighted by Gasteiger charge is 2.09. The van der Waals surface area contributed by atoms with E-state index in [4.69, 9.17) is 22.5 Å². The molecule has 3 N–H and O–H groups in total. The Kier molecular flexibility index (Phi) is 4.06. The second-order valence-electron chi connectivity index (χ2n) is 4.11. The van der Waals surface area contributed by atoms with Crippen LogP contribution in [0.25, 0.3) is 5.69 Å². The first kappa shape index (κ1) is 13.4. The van der Waals surface area contributed by atoms with Gasteiger partial charge in [0.2, 0.25) is 0 Å². The van der Waals surface area contributed by atoms with Gasteiger partial charge in [0, 0.05) is 30.1 Å². The maximum atomic E-state index is 8.67. The minimum atomic E-state index is -0.00374. The van der Waals surface area contributed by atoms with Gasteiger partial charge >= 0.3 is 0 Å². The third kappa shape index (κ3) is 2.71. The molecule has 5 nitrogen and oxygen atoms in total. The molecule has 0 atom stereocenters. The van der Waals surface area contributed by atoms with Crippen molar-refractivity contribution in [1.29, 1.82) is 0 Å². The van der Waals surface area contributed by atoms with Gasteiger partial charge in [-0.15, -0.1) is 0 Å². The molecule has 1 aromatic heterocycles. The summed E-state index contributed by atoms with van der Waals surface area (Å²) in [4.78, 5) is 4.32. The Morgan fingerprint density at radius 3 is 2.95 bits per heavy atom. The van der Waals surface area contributed by atoms with Crippen LogP contribution < -0.4 is 5.73 Å². The van der Waals surface area contributed by atoms with Crippen molar-refractivity contribution in [2.24, 2.45) is 10.9 Å². The summed E-state index contributed by atoms with van der Waals surface area (Å²) in [6, 6.07) is 5.36. The highest BCUT2D eigenvalue weighted by molar-refractivity contribution is 6.34. The number of amidine groups is 1. The number of halogens is 1. The molecule has 0 radical (unpaired) electrons. The number of oxime groups is 1. The van der Waals surface area contributed by atoms with Gasteiger partial charge in [0.25, 0.3) is 0 Å². The van der Waals surface area contributed by atoms with E-state index in [0.29, 0.717) is 10.6 Å². The lowest BCUT2D eigenvalue weighted by molar-refractivity contribution is 0.318. The van der Waals surface area contributed by atoms with Crippen molar-refractivity contribution >= 4 is 17.4 Å². The molecule has 0 amide bonds. The highest BCUT2D eigenvalue weighted by atomic mass is 35.5. The second-order valence-corrected chi connectivity index (χ2v) is 4.52. The Morgan fingerprint density at radius 1 is 1.53 bits per heavy atom. The normalized spacial score (nSPS) is 11.8. The van der Waals surface area contributed by atoms with Crippen LogP contribution in [0.3, 0.4) is 0 Å². The number of nitrogens with two attached hydrogens (primary N) is 1. The van der Waals surface area contributed by atoms with Gasteiger partial charge in [-0.3, -0.25) is 0 Å². The van der Waals surface area contributed by atoms with Gasteiger partial charge in [0.1, 0.15) is 5.82 Å². The van der Waals surface area contributed by atoms with E-state index in [1.165, 1.54) is 0 Å². The first-order chi connectivity index (χ1) is 9.17. The van der Waals surface area contributed by atoms with Gasteiger partial charge in [-0.1, -0.05) is 23.7 Å². The van der Waals surface area contributed by atoms with Crippen LogP contribution in [0.4, 0.5) is 0 Å². The summed E-state index contributed by atoms with van der Waals surface area (Å²) in [5.74, 6) is 0.978. The van der Waals surface area contributed by atoms with Gasteiger partial charge in [0.15, 0.2) is 5.84 Å². The van der Waals surface area contributed by atoms with Crippen molar-refractivity contribution in [3.05, 3.63) is 47.0 Å². The van der Waals surface area contributed by atoms with Crippen LogP contribution in [-0.4, -0.2) is 20.6 Å². The number of rotatable bonds is 4. The summed E-state index contributed by atoms with van der Waals surface area (Å²) in [7, 11) is 0. The summed E-state index contributed by atoms with van der Waals surface area (Å²) >= 11 is 6.14. The number of benzene rings is 1. The molecule has 100 valence electrons. The molecular formula is C13H15ClN4O. The van der Waals surface area contributed by atoms with E-state index in [1.807, 2.05) is 16.8 Å². The first-order valence-electron chi connectivity index (χ1n) is 5.97. The molecule has 0 saturated carbocycles. The fourth-order valence-electron chi connectivity index (χ4n) is 1.89. The first-order valence-corrected chi connectivity index (χ1v) is 6.35. The average molecular weight is 279 g/mol. The average Bonchev–Trinajstić information content (AvgIpc) is 2.86. The maximum absolute atomic E-state index is 8.67. The lowest BCUT2D eigenvalue weighted by Crippen LogP contribution is -2.14. The Morgan fingerprint density at radius 2 is 2.32 bits per heavy atom. The number of aromatic nitrogens is 2. The van der Waals surface area contributed by atoms with Gasteiger partial charge < -0.3 is 15.5 Å². The maximum Gasteiger partial charge on any atom is 0.171 e. The topological polar surface area (TPSA) is 76.4 Å². The number of imidazole rings is 1. The van der Waals surface area contributed by atoms with Gasteiger partial charge in [-0.05, 0) is 24.6 Å². The smallest absolute Gasteiger partial charge is 0.171 e.